The lowest BCUT2D eigenvalue weighted by atomic mass is 9.96. The van der Waals surface area contributed by atoms with Gasteiger partial charge in [0.2, 0.25) is 0 Å². The molecule has 0 unspecified atom stereocenters. The van der Waals surface area contributed by atoms with Gasteiger partial charge < -0.3 is 25.0 Å². The molecule has 1 aromatic heterocycles. The first-order valence-corrected chi connectivity index (χ1v) is 12.1. The van der Waals surface area contributed by atoms with Crippen molar-refractivity contribution in [2.24, 2.45) is 0 Å². The molecule has 206 valence electrons. The molecule has 2 aromatic rings. The lowest BCUT2D eigenvalue weighted by Gasteiger charge is -2.26. The van der Waals surface area contributed by atoms with E-state index in [2.05, 4.69) is 21.3 Å². The number of aromatic nitrogens is 1. The molecule has 1 fully saturated rings. The standard InChI is InChI=1S/C23H26N4O4.C4H4O4/c1-3-31-23(29)21-16(2)26-20(14-19(21)18-6-4-5-17(13-18)15-24)22(28)25-7-8-27-9-11-30-12-10-27;5-3(6)1-2-4(7)8/h4-6,13-14H,3,7-12H2,1-2H3,(H,25,28);1-2H,(H,5,6)(H,7,8)/b;2-1+. The number of aliphatic carboxylic acids is 2. The molecule has 1 aliphatic heterocycles. The zero-order chi connectivity index (χ0) is 28.8. The van der Waals surface area contributed by atoms with Crippen LogP contribution in [0.3, 0.4) is 0 Å². The van der Waals surface area contributed by atoms with Crippen LogP contribution in [0.25, 0.3) is 11.1 Å². The van der Waals surface area contributed by atoms with Crippen molar-refractivity contribution in [1.29, 1.82) is 5.26 Å². The molecule has 0 aliphatic carbocycles. The van der Waals surface area contributed by atoms with Gasteiger partial charge in [0.15, 0.2) is 0 Å². The summed E-state index contributed by atoms with van der Waals surface area (Å²) in [6.45, 7) is 7.94. The molecule has 39 heavy (non-hydrogen) atoms. The van der Waals surface area contributed by atoms with Gasteiger partial charge in [0.05, 0.1) is 42.7 Å². The Labute approximate surface area is 225 Å². The Bertz CT molecular complexity index is 1250. The maximum Gasteiger partial charge on any atom is 0.340 e. The molecule has 12 heteroatoms. The van der Waals surface area contributed by atoms with Gasteiger partial charge in [-0.25, -0.2) is 19.4 Å². The first-order chi connectivity index (χ1) is 18.7. The minimum atomic E-state index is -1.26. The summed E-state index contributed by atoms with van der Waals surface area (Å²) in [6, 6.07) is 10.6. The highest BCUT2D eigenvalue weighted by molar-refractivity contribution is 6.01. The molecular formula is C27H30N4O8. The normalized spacial score (nSPS) is 13.1. The quantitative estimate of drug-likeness (QED) is 0.313. The van der Waals surface area contributed by atoms with Gasteiger partial charge in [-0.3, -0.25) is 9.69 Å². The Hall–Kier alpha value is -4.60. The zero-order valence-electron chi connectivity index (χ0n) is 21.7. The van der Waals surface area contributed by atoms with Gasteiger partial charge in [-0.15, -0.1) is 0 Å². The number of nitrogens with one attached hydrogen (secondary N) is 1. The van der Waals surface area contributed by atoms with Gasteiger partial charge in [0.1, 0.15) is 5.69 Å². The van der Waals surface area contributed by atoms with E-state index in [1.807, 2.05) is 0 Å². The van der Waals surface area contributed by atoms with Crippen molar-refractivity contribution >= 4 is 23.8 Å². The lowest BCUT2D eigenvalue weighted by Crippen LogP contribution is -2.41. The summed E-state index contributed by atoms with van der Waals surface area (Å²) in [5.41, 5.74) is 2.53. The number of carbonyl (C=O) groups excluding carboxylic acids is 2. The fourth-order valence-electron chi connectivity index (χ4n) is 3.62. The van der Waals surface area contributed by atoms with Crippen LogP contribution in [0.1, 0.15) is 39.0 Å². The Balaban J connectivity index is 0.000000580. The molecular weight excluding hydrogens is 508 g/mol. The molecule has 3 rings (SSSR count). The van der Waals surface area contributed by atoms with Crippen LogP contribution in [0.2, 0.25) is 0 Å². The van der Waals surface area contributed by atoms with Crippen LogP contribution in [-0.4, -0.2) is 89.9 Å². The Kier molecular flexibility index (Phi) is 12.3. The monoisotopic (exact) mass is 538 g/mol. The van der Waals surface area contributed by atoms with E-state index in [9.17, 15) is 24.4 Å². The summed E-state index contributed by atoms with van der Waals surface area (Å²) in [7, 11) is 0. The second-order valence-electron chi connectivity index (χ2n) is 8.15. The van der Waals surface area contributed by atoms with Crippen LogP contribution in [0.15, 0.2) is 42.5 Å². The van der Waals surface area contributed by atoms with Crippen molar-refractivity contribution in [1.82, 2.24) is 15.2 Å². The molecule has 0 saturated carbocycles. The molecule has 1 saturated heterocycles. The SMILES string of the molecule is CCOC(=O)c1c(-c2cccc(C#N)c2)cc(C(=O)NCCN2CCOCC2)nc1C.O=C(O)/C=C/C(=O)O. The number of rotatable bonds is 9. The molecule has 3 N–H and O–H groups in total. The van der Waals surface area contributed by atoms with Crippen LogP contribution >= 0.6 is 0 Å². The first kappa shape index (κ1) is 30.6. The van der Waals surface area contributed by atoms with Crippen molar-refractivity contribution in [3.05, 3.63) is 65.0 Å². The minimum absolute atomic E-state index is 0.213. The Morgan fingerprint density at radius 2 is 1.82 bits per heavy atom. The number of morpholine rings is 1. The van der Waals surface area contributed by atoms with E-state index in [1.165, 1.54) is 0 Å². The van der Waals surface area contributed by atoms with E-state index in [-0.39, 0.29) is 18.2 Å². The summed E-state index contributed by atoms with van der Waals surface area (Å²) in [6.07, 6.45) is 1.12. The molecule has 0 spiro atoms. The number of carboxylic acid groups (broad SMARTS) is 2. The number of pyridine rings is 1. The van der Waals surface area contributed by atoms with Crippen LogP contribution in [0.4, 0.5) is 0 Å². The van der Waals surface area contributed by atoms with Gasteiger partial charge in [-0.2, -0.15) is 5.26 Å². The van der Waals surface area contributed by atoms with Crippen molar-refractivity contribution in [3.63, 3.8) is 0 Å². The third-order valence-electron chi connectivity index (χ3n) is 5.40. The summed E-state index contributed by atoms with van der Waals surface area (Å²) < 4.78 is 10.5. The Morgan fingerprint density at radius 1 is 1.15 bits per heavy atom. The zero-order valence-corrected chi connectivity index (χ0v) is 21.7. The molecule has 12 nitrogen and oxygen atoms in total. The molecule has 0 radical (unpaired) electrons. The van der Waals surface area contributed by atoms with Crippen LogP contribution in [-0.2, 0) is 19.1 Å². The van der Waals surface area contributed by atoms with Gasteiger partial charge in [0.25, 0.3) is 5.91 Å². The average molecular weight is 539 g/mol. The van der Waals surface area contributed by atoms with E-state index in [1.54, 1.807) is 44.2 Å². The largest absolute Gasteiger partial charge is 0.478 e. The van der Waals surface area contributed by atoms with Crippen LogP contribution in [0.5, 0.6) is 0 Å². The van der Waals surface area contributed by atoms with E-state index < -0.39 is 17.9 Å². The van der Waals surface area contributed by atoms with Gasteiger partial charge >= 0.3 is 17.9 Å². The van der Waals surface area contributed by atoms with Crippen molar-refractivity contribution < 1.29 is 38.9 Å². The number of carboxylic acids is 2. The molecule has 2 heterocycles. The summed E-state index contributed by atoms with van der Waals surface area (Å²) in [5.74, 6) is -3.34. The van der Waals surface area contributed by atoms with Crippen LogP contribution < -0.4 is 5.32 Å². The van der Waals surface area contributed by atoms with E-state index >= 15 is 0 Å². The second kappa shape index (κ2) is 15.6. The lowest BCUT2D eigenvalue weighted by molar-refractivity contribution is -0.134. The number of carbonyl (C=O) groups is 4. The highest BCUT2D eigenvalue weighted by Crippen LogP contribution is 2.28. The predicted octanol–water partition coefficient (Wildman–Crippen LogP) is 1.88. The fourth-order valence-corrected chi connectivity index (χ4v) is 3.62. The summed E-state index contributed by atoms with van der Waals surface area (Å²) in [5, 5.41) is 27.8. The van der Waals surface area contributed by atoms with Crippen LogP contribution in [0, 0.1) is 18.3 Å². The highest BCUT2D eigenvalue weighted by Gasteiger charge is 2.22. The molecule has 0 atom stereocenters. The highest BCUT2D eigenvalue weighted by atomic mass is 16.5. The second-order valence-corrected chi connectivity index (χ2v) is 8.15. The maximum absolute atomic E-state index is 12.8. The van der Waals surface area contributed by atoms with Crippen molar-refractivity contribution in [3.8, 4) is 17.2 Å². The summed E-state index contributed by atoms with van der Waals surface area (Å²) >= 11 is 0. The number of nitrogens with zero attached hydrogens (tertiary/aromatic N) is 3. The minimum Gasteiger partial charge on any atom is -0.478 e. The summed E-state index contributed by atoms with van der Waals surface area (Å²) in [4.78, 5) is 51.1. The topological polar surface area (TPSA) is 179 Å². The molecule has 1 aromatic carbocycles. The number of ether oxygens (including phenoxy) is 2. The van der Waals surface area contributed by atoms with Crippen molar-refractivity contribution in [2.75, 3.05) is 46.0 Å². The third-order valence-corrected chi connectivity index (χ3v) is 5.40. The number of esters is 1. The number of hydrogen-bond donors (Lipinski definition) is 3. The Morgan fingerprint density at radius 3 is 2.41 bits per heavy atom. The van der Waals surface area contributed by atoms with E-state index in [4.69, 9.17) is 19.7 Å². The average Bonchev–Trinajstić information content (AvgIpc) is 2.92. The van der Waals surface area contributed by atoms with E-state index in [0.29, 0.717) is 59.9 Å². The number of aryl methyl sites for hydroxylation is 1. The number of benzene rings is 1. The van der Waals surface area contributed by atoms with Gasteiger partial charge in [-0.05, 0) is 37.6 Å². The molecule has 1 aliphatic rings. The third kappa shape index (κ3) is 9.99. The number of nitriles is 1. The van der Waals surface area contributed by atoms with Gasteiger partial charge in [-0.1, -0.05) is 12.1 Å². The smallest absolute Gasteiger partial charge is 0.340 e. The maximum atomic E-state index is 12.8. The van der Waals surface area contributed by atoms with Gasteiger partial charge in [0, 0.05) is 43.9 Å². The first-order valence-electron chi connectivity index (χ1n) is 12.1. The van der Waals surface area contributed by atoms with Crippen molar-refractivity contribution in [2.45, 2.75) is 13.8 Å². The molecule has 0 bridgehead atoms. The van der Waals surface area contributed by atoms with E-state index in [0.717, 1.165) is 19.6 Å². The molecule has 1 amide bonds. The predicted molar refractivity (Wildman–Crippen MR) is 139 cm³/mol. The number of hydrogen-bond acceptors (Lipinski definition) is 9. The fraction of sp³-hybridized carbons (Fsp3) is 0.333. The number of amides is 1.